The smallest absolute Gasteiger partial charge is 0.263 e. The highest BCUT2D eigenvalue weighted by Gasteiger charge is 2.32. The molecule has 2 aromatic rings. The van der Waals surface area contributed by atoms with Crippen LogP contribution in [0.2, 0.25) is 0 Å². The van der Waals surface area contributed by atoms with Crippen molar-refractivity contribution in [3.63, 3.8) is 0 Å². The molecule has 0 radical (unpaired) electrons. The lowest BCUT2D eigenvalue weighted by atomic mass is 10.0. The first kappa shape index (κ1) is 15.9. The van der Waals surface area contributed by atoms with E-state index in [1.807, 2.05) is 0 Å². The highest BCUT2D eigenvalue weighted by molar-refractivity contribution is 7.92. The molecule has 1 heterocycles. The van der Waals surface area contributed by atoms with E-state index in [0.29, 0.717) is 24.0 Å². The van der Waals surface area contributed by atoms with Crippen LogP contribution in [0.15, 0.2) is 35.2 Å². The van der Waals surface area contributed by atoms with E-state index in [9.17, 15) is 17.2 Å². The average Bonchev–Trinajstić information content (AvgIpc) is 2.49. The summed E-state index contributed by atoms with van der Waals surface area (Å²) in [6.07, 6.45) is 1.23. The van der Waals surface area contributed by atoms with Gasteiger partial charge in [-0.05, 0) is 61.6 Å². The number of halogens is 2. The maximum atomic E-state index is 14.4. The van der Waals surface area contributed by atoms with E-state index in [2.05, 4.69) is 0 Å². The van der Waals surface area contributed by atoms with Crippen LogP contribution in [0.1, 0.15) is 23.1 Å². The van der Waals surface area contributed by atoms with E-state index in [4.69, 9.17) is 0 Å². The highest BCUT2D eigenvalue weighted by atomic mass is 32.2. The zero-order valence-corrected chi connectivity index (χ0v) is 13.8. The fourth-order valence-corrected chi connectivity index (χ4v) is 4.46. The van der Waals surface area contributed by atoms with Gasteiger partial charge >= 0.3 is 0 Å². The number of hydrogen-bond donors (Lipinski definition) is 0. The third-order valence-electron chi connectivity index (χ3n) is 4.07. The molecule has 0 N–H and O–H groups in total. The molecule has 0 atom stereocenters. The van der Waals surface area contributed by atoms with Gasteiger partial charge in [-0.15, -0.1) is 0 Å². The average molecular weight is 337 g/mol. The van der Waals surface area contributed by atoms with Crippen molar-refractivity contribution in [3.8, 4) is 0 Å². The predicted molar refractivity (Wildman–Crippen MR) is 85.1 cm³/mol. The van der Waals surface area contributed by atoms with Crippen molar-refractivity contribution in [2.45, 2.75) is 31.6 Å². The summed E-state index contributed by atoms with van der Waals surface area (Å²) in [7, 11) is -4.00. The Bertz CT molecular complexity index is 878. The first-order valence-electron chi connectivity index (χ1n) is 7.38. The van der Waals surface area contributed by atoms with Gasteiger partial charge in [0.15, 0.2) is 0 Å². The van der Waals surface area contributed by atoms with Gasteiger partial charge in [0.1, 0.15) is 11.6 Å². The second-order valence-corrected chi connectivity index (χ2v) is 7.71. The van der Waals surface area contributed by atoms with E-state index < -0.39 is 21.7 Å². The van der Waals surface area contributed by atoms with E-state index >= 15 is 0 Å². The lowest BCUT2D eigenvalue weighted by molar-refractivity contribution is 0.573. The van der Waals surface area contributed by atoms with Crippen LogP contribution in [0.3, 0.4) is 0 Å². The zero-order chi connectivity index (χ0) is 16.8. The van der Waals surface area contributed by atoms with Gasteiger partial charge in [0.05, 0.1) is 10.6 Å². The van der Waals surface area contributed by atoms with Crippen LogP contribution >= 0.6 is 0 Å². The molecule has 0 saturated heterocycles. The van der Waals surface area contributed by atoms with E-state index in [-0.39, 0.29) is 17.1 Å². The monoisotopic (exact) mass is 337 g/mol. The van der Waals surface area contributed by atoms with Gasteiger partial charge in [-0.25, -0.2) is 17.2 Å². The largest absolute Gasteiger partial charge is 0.264 e. The van der Waals surface area contributed by atoms with Crippen molar-refractivity contribution in [2.75, 3.05) is 10.8 Å². The molecule has 6 heteroatoms. The summed E-state index contributed by atoms with van der Waals surface area (Å²) in [4.78, 5) is -0.159. The van der Waals surface area contributed by atoms with Gasteiger partial charge in [-0.2, -0.15) is 0 Å². The molecule has 0 aromatic heterocycles. The lowest BCUT2D eigenvalue weighted by Gasteiger charge is -2.31. The van der Waals surface area contributed by atoms with Crippen LogP contribution in [-0.4, -0.2) is 15.0 Å². The molecule has 23 heavy (non-hydrogen) atoms. The summed E-state index contributed by atoms with van der Waals surface area (Å²) in [5, 5.41) is 0. The van der Waals surface area contributed by atoms with Gasteiger partial charge in [0.2, 0.25) is 0 Å². The second-order valence-electron chi connectivity index (χ2n) is 5.85. The maximum Gasteiger partial charge on any atom is 0.264 e. The van der Waals surface area contributed by atoms with Crippen LogP contribution < -0.4 is 4.31 Å². The highest BCUT2D eigenvalue weighted by Crippen LogP contribution is 2.35. The molecule has 0 fully saturated rings. The lowest BCUT2D eigenvalue weighted by Crippen LogP contribution is -2.36. The number of fused-ring (bicyclic) bond motifs is 1. The fraction of sp³-hybridized carbons (Fsp3) is 0.294. The van der Waals surface area contributed by atoms with Gasteiger partial charge in [-0.1, -0.05) is 12.1 Å². The number of benzene rings is 2. The Kier molecular flexibility index (Phi) is 3.88. The number of nitrogens with zero attached hydrogens (tertiary/aromatic N) is 1. The molecule has 0 amide bonds. The van der Waals surface area contributed by atoms with Crippen molar-refractivity contribution in [3.05, 3.63) is 58.7 Å². The van der Waals surface area contributed by atoms with E-state index in [1.165, 1.54) is 18.2 Å². The fourth-order valence-electron chi connectivity index (χ4n) is 2.90. The van der Waals surface area contributed by atoms with Crippen LogP contribution in [0.25, 0.3) is 0 Å². The summed E-state index contributed by atoms with van der Waals surface area (Å²) >= 11 is 0. The summed E-state index contributed by atoms with van der Waals surface area (Å²) in [6.45, 7) is 3.52. The molecule has 3 rings (SSSR count). The van der Waals surface area contributed by atoms with Crippen LogP contribution in [0, 0.1) is 25.5 Å². The van der Waals surface area contributed by atoms with Gasteiger partial charge in [0, 0.05) is 6.54 Å². The molecular weight excluding hydrogens is 320 g/mol. The maximum absolute atomic E-state index is 14.4. The number of aryl methyl sites for hydroxylation is 3. The minimum atomic E-state index is -4.00. The summed E-state index contributed by atoms with van der Waals surface area (Å²) in [5.41, 5.74) is 1.87. The normalized spacial score (nSPS) is 14.7. The number of anilines is 1. The third kappa shape index (κ3) is 2.72. The molecule has 0 bridgehead atoms. The van der Waals surface area contributed by atoms with Crippen LogP contribution in [-0.2, 0) is 16.4 Å². The topological polar surface area (TPSA) is 37.4 Å². The Labute approximate surface area is 134 Å². The third-order valence-corrected chi connectivity index (χ3v) is 5.87. The zero-order valence-electron chi connectivity index (χ0n) is 12.9. The Balaban J connectivity index is 2.14. The Morgan fingerprint density at radius 3 is 2.48 bits per heavy atom. The van der Waals surface area contributed by atoms with Crippen molar-refractivity contribution in [1.29, 1.82) is 0 Å². The van der Waals surface area contributed by atoms with Crippen LogP contribution in [0.5, 0.6) is 0 Å². The minimum absolute atomic E-state index is 0.0860. The molecule has 0 unspecified atom stereocenters. The summed E-state index contributed by atoms with van der Waals surface area (Å²) in [5.74, 6) is -1.15. The van der Waals surface area contributed by atoms with E-state index in [1.54, 1.807) is 19.9 Å². The molecule has 0 spiro atoms. The summed E-state index contributed by atoms with van der Waals surface area (Å²) < 4.78 is 54.9. The SMILES string of the molecule is Cc1cc(F)c2c(c1)CCCN2S(=O)(=O)c1ccc(C)c(F)c1. The molecule has 0 saturated carbocycles. The molecular formula is C17H17F2NO2S. The van der Waals surface area contributed by atoms with Crippen molar-refractivity contribution >= 4 is 15.7 Å². The van der Waals surface area contributed by atoms with Crippen molar-refractivity contribution < 1.29 is 17.2 Å². The first-order valence-corrected chi connectivity index (χ1v) is 8.82. The van der Waals surface area contributed by atoms with Gasteiger partial charge in [-0.3, -0.25) is 4.31 Å². The van der Waals surface area contributed by atoms with Gasteiger partial charge in [0.25, 0.3) is 10.0 Å². The quantitative estimate of drug-likeness (QED) is 0.837. The molecule has 0 aliphatic carbocycles. The predicted octanol–water partition coefficient (Wildman–Crippen LogP) is 3.72. The first-order chi connectivity index (χ1) is 10.8. The Morgan fingerprint density at radius 1 is 1.04 bits per heavy atom. The molecule has 2 aromatic carbocycles. The molecule has 1 aliphatic rings. The minimum Gasteiger partial charge on any atom is -0.263 e. The van der Waals surface area contributed by atoms with Crippen LogP contribution in [0.4, 0.5) is 14.5 Å². The van der Waals surface area contributed by atoms with Gasteiger partial charge < -0.3 is 0 Å². The van der Waals surface area contributed by atoms with E-state index in [0.717, 1.165) is 15.9 Å². The number of rotatable bonds is 2. The molecule has 122 valence electrons. The van der Waals surface area contributed by atoms with Crippen molar-refractivity contribution in [1.82, 2.24) is 0 Å². The molecule has 1 aliphatic heterocycles. The number of sulfonamides is 1. The second kappa shape index (κ2) is 5.60. The van der Waals surface area contributed by atoms with Crippen molar-refractivity contribution in [2.24, 2.45) is 0 Å². The Morgan fingerprint density at radius 2 is 1.78 bits per heavy atom. The number of hydrogen-bond acceptors (Lipinski definition) is 2. The Hall–Kier alpha value is -1.95. The molecule has 3 nitrogen and oxygen atoms in total. The summed E-state index contributed by atoms with van der Waals surface area (Å²) in [6, 6.07) is 6.88. The standard InChI is InChI=1S/C17H17F2NO2S/c1-11-8-13-4-3-7-20(17(13)16(19)9-11)23(21,22)14-6-5-12(2)15(18)10-14/h5-6,8-10H,3-4,7H2,1-2H3.